The number of aromatic nitrogens is 2. The standard InChI is InChI=1S/C11H19N3O/c1-7(2)5-9-10(13-14-11(9)12)8-3-4-15-6-8/h7-8H,3-6H2,1-2H3,(H3,12,13,14). The van der Waals surface area contributed by atoms with Crippen molar-refractivity contribution >= 4 is 5.82 Å². The van der Waals surface area contributed by atoms with Gasteiger partial charge in [0, 0.05) is 23.8 Å². The van der Waals surface area contributed by atoms with Crippen LogP contribution in [0.2, 0.25) is 0 Å². The van der Waals surface area contributed by atoms with Gasteiger partial charge in [0.2, 0.25) is 0 Å². The maximum atomic E-state index is 5.87. The predicted octanol–water partition coefficient (Wildman–Crippen LogP) is 1.69. The number of nitrogen functional groups attached to an aromatic ring is 1. The van der Waals surface area contributed by atoms with Crippen LogP contribution in [0.15, 0.2) is 0 Å². The first-order valence-corrected chi connectivity index (χ1v) is 5.58. The van der Waals surface area contributed by atoms with E-state index in [4.69, 9.17) is 10.5 Å². The van der Waals surface area contributed by atoms with Crippen LogP contribution < -0.4 is 5.73 Å². The SMILES string of the molecule is CC(C)Cc1c(N)n[nH]c1C1CCOC1. The maximum Gasteiger partial charge on any atom is 0.148 e. The smallest absolute Gasteiger partial charge is 0.148 e. The molecule has 84 valence electrons. The van der Waals surface area contributed by atoms with Crippen molar-refractivity contribution in [3.05, 3.63) is 11.3 Å². The van der Waals surface area contributed by atoms with Crippen molar-refractivity contribution in [2.75, 3.05) is 18.9 Å². The summed E-state index contributed by atoms with van der Waals surface area (Å²) in [4.78, 5) is 0. The highest BCUT2D eigenvalue weighted by atomic mass is 16.5. The summed E-state index contributed by atoms with van der Waals surface area (Å²) in [6.07, 6.45) is 2.07. The van der Waals surface area contributed by atoms with Crippen molar-refractivity contribution < 1.29 is 4.74 Å². The van der Waals surface area contributed by atoms with Gasteiger partial charge in [0.05, 0.1) is 6.61 Å². The zero-order chi connectivity index (χ0) is 10.8. The van der Waals surface area contributed by atoms with Crippen molar-refractivity contribution in [2.45, 2.75) is 32.6 Å². The fourth-order valence-corrected chi connectivity index (χ4v) is 2.12. The number of nitrogens with one attached hydrogen (secondary N) is 1. The highest BCUT2D eigenvalue weighted by molar-refractivity contribution is 5.43. The Morgan fingerprint density at radius 3 is 3.00 bits per heavy atom. The molecule has 1 aromatic rings. The summed E-state index contributed by atoms with van der Waals surface area (Å²) in [5.74, 6) is 1.72. The number of H-pyrrole nitrogens is 1. The predicted molar refractivity (Wildman–Crippen MR) is 59.7 cm³/mol. The normalized spacial score (nSPS) is 21.4. The van der Waals surface area contributed by atoms with Crippen LogP contribution in [0.5, 0.6) is 0 Å². The summed E-state index contributed by atoms with van der Waals surface area (Å²) in [6, 6.07) is 0. The van der Waals surface area contributed by atoms with E-state index in [9.17, 15) is 0 Å². The molecule has 2 heterocycles. The van der Waals surface area contributed by atoms with Gasteiger partial charge in [0.15, 0.2) is 0 Å². The van der Waals surface area contributed by atoms with Crippen LogP contribution in [0.3, 0.4) is 0 Å². The second kappa shape index (κ2) is 4.23. The summed E-state index contributed by atoms with van der Waals surface area (Å²) in [5.41, 5.74) is 8.26. The summed E-state index contributed by atoms with van der Waals surface area (Å²) in [6.45, 7) is 6.04. The van der Waals surface area contributed by atoms with Crippen LogP contribution in [-0.2, 0) is 11.2 Å². The van der Waals surface area contributed by atoms with Gasteiger partial charge in [-0.05, 0) is 18.8 Å². The highest BCUT2D eigenvalue weighted by Crippen LogP contribution is 2.30. The van der Waals surface area contributed by atoms with Gasteiger partial charge in [-0.25, -0.2) is 0 Å². The molecule has 1 saturated heterocycles. The van der Waals surface area contributed by atoms with E-state index in [2.05, 4.69) is 24.0 Å². The van der Waals surface area contributed by atoms with Gasteiger partial charge in [0.25, 0.3) is 0 Å². The molecule has 0 radical (unpaired) electrons. The zero-order valence-corrected chi connectivity index (χ0v) is 9.42. The van der Waals surface area contributed by atoms with E-state index in [1.807, 2.05) is 0 Å². The molecule has 0 amide bonds. The van der Waals surface area contributed by atoms with Crippen molar-refractivity contribution in [3.8, 4) is 0 Å². The Labute approximate surface area is 90.2 Å². The van der Waals surface area contributed by atoms with Gasteiger partial charge in [-0.3, -0.25) is 5.10 Å². The third-order valence-electron chi connectivity index (χ3n) is 2.88. The third kappa shape index (κ3) is 2.15. The molecule has 1 unspecified atom stereocenters. The largest absolute Gasteiger partial charge is 0.382 e. The Bertz CT molecular complexity index is 327. The zero-order valence-electron chi connectivity index (χ0n) is 9.42. The summed E-state index contributed by atoms with van der Waals surface area (Å²) < 4.78 is 5.39. The minimum atomic E-state index is 0.462. The third-order valence-corrected chi connectivity index (χ3v) is 2.88. The molecule has 15 heavy (non-hydrogen) atoms. The van der Waals surface area contributed by atoms with Gasteiger partial charge >= 0.3 is 0 Å². The first kappa shape index (κ1) is 10.5. The molecule has 1 aliphatic heterocycles. The maximum absolute atomic E-state index is 5.87. The average molecular weight is 209 g/mol. The molecule has 4 nitrogen and oxygen atoms in total. The molecular weight excluding hydrogens is 190 g/mol. The monoisotopic (exact) mass is 209 g/mol. The number of rotatable bonds is 3. The number of hydrogen-bond donors (Lipinski definition) is 2. The molecule has 0 bridgehead atoms. The van der Waals surface area contributed by atoms with Gasteiger partial charge in [0.1, 0.15) is 5.82 Å². The molecule has 1 atom stereocenters. The Kier molecular flexibility index (Phi) is 2.95. The second-order valence-corrected chi connectivity index (χ2v) is 4.66. The molecule has 0 aliphatic carbocycles. The number of hydrogen-bond acceptors (Lipinski definition) is 3. The number of anilines is 1. The molecule has 1 aromatic heterocycles. The van der Waals surface area contributed by atoms with Crippen LogP contribution in [0.4, 0.5) is 5.82 Å². The van der Waals surface area contributed by atoms with E-state index in [1.165, 1.54) is 11.3 Å². The molecule has 0 aromatic carbocycles. The number of nitrogens with zero attached hydrogens (tertiary/aromatic N) is 1. The van der Waals surface area contributed by atoms with Crippen LogP contribution in [0.1, 0.15) is 37.4 Å². The molecule has 3 N–H and O–H groups in total. The Morgan fingerprint density at radius 1 is 1.60 bits per heavy atom. The van der Waals surface area contributed by atoms with E-state index in [0.29, 0.717) is 17.7 Å². The van der Waals surface area contributed by atoms with Crippen LogP contribution >= 0.6 is 0 Å². The Hall–Kier alpha value is -1.03. The second-order valence-electron chi connectivity index (χ2n) is 4.66. The minimum absolute atomic E-state index is 0.462. The molecule has 2 rings (SSSR count). The first-order valence-electron chi connectivity index (χ1n) is 5.58. The van der Waals surface area contributed by atoms with Gasteiger partial charge in [-0.15, -0.1) is 0 Å². The lowest BCUT2D eigenvalue weighted by molar-refractivity contribution is 0.193. The summed E-state index contributed by atoms with van der Waals surface area (Å²) in [5, 5.41) is 7.18. The van der Waals surface area contributed by atoms with E-state index in [0.717, 1.165) is 26.1 Å². The van der Waals surface area contributed by atoms with Crippen molar-refractivity contribution in [1.82, 2.24) is 10.2 Å². The van der Waals surface area contributed by atoms with Gasteiger partial charge in [-0.1, -0.05) is 13.8 Å². The molecule has 1 fully saturated rings. The lowest BCUT2D eigenvalue weighted by atomic mass is 9.95. The number of ether oxygens (including phenoxy) is 1. The van der Waals surface area contributed by atoms with Gasteiger partial charge < -0.3 is 10.5 Å². The van der Waals surface area contributed by atoms with Crippen molar-refractivity contribution in [3.63, 3.8) is 0 Å². The van der Waals surface area contributed by atoms with E-state index >= 15 is 0 Å². The van der Waals surface area contributed by atoms with Crippen molar-refractivity contribution in [2.24, 2.45) is 5.92 Å². The van der Waals surface area contributed by atoms with Crippen LogP contribution in [0, 0.1) is 5.92 Å². The van der Waals surface area contributed by atoms with Crippen molar-refractivity contribution in [1.29, 1.82) is 0 Å². The van der Waals surface area contributed by atoms with E-state index < -0.39 is 0 Å². The Balaban J connectivity index is 2.22. The van der Waals surface area contributed by atoms with Crippen LogP contribution in [0.25, 0.3) is 0 Å². The van der Waals surface area contributed by atoms with E-state index in [1.54, 1.807) is 0 Å². The minimum Gasteiger partial charge on any atom is -0.382 e. The lowest BCUT2D eigenvalue weighted by Crippen LogP contribution is -2.05. The highest BCUT2D eigenvalue weighted by Gasteiger charge is 2.24. The lowest BCUT2D eigenvalue weighted by Gasteiger charge is -2.10. The summed E-state index contributed by atoms with van der Waals surface area (Å²) in [7, 11) is 0. The average Bonchev–Trinajstić information content (AvgIpc) is 2.76. The first-order chi connectivity index (χ1) is 7.18. The Morgan fingerprint density at radius 2 is 2.40 bits per heavy atom. The van der Waals surface area contributed by atoms with E-state index in [-0.39, 0.29) is 0 Å². The van der Waals surface area contributed by atoms with Crippen LogP contribution in [-0.4, -0.2) is 23.4 Å². The molecular formula is C11H19N3O. The number of aromatic amines is 1. The molecule has 1 aliphatic rings. The fraction of sp³-hybridized carbons (Fsp3) is 0.727. The molecule has 0 spiro atoms. The quantitative estimate of drug-likeness (QED) is 0.796. The van der Waals surface area contributed by atoms with Gasteiger partial charge in [-0.2, -0.15) is 5.10 Å². The molecule has 0 saturated carbocycles. The topological polar surface area (TPSA) is 63.9 Å². The summed E-state index contributed by atoms with van der Waals surface area (Å²) >= 11 is 0. The molecule has 4 heteroatoms. The number of nitrogens with two attached hydrogens (primary N) is 1. The fourth-order valence-electron chi connectivity index (χ4n) is 2.12.